The number of hydrogen-bond donors (Lipinski definition) is 1. The number of hydrogen-bond acceptors (Lipinski definition) is 5. The van der Waals surface area contributed by atoms with Gasteiger partial charge in [-0.25, -0.2) is 9.67 Å². The number of aromatic nitrogens is 3. The van der Waals surface area contributed by atoms with E-state index >= 15 is 0 Å². The highest BCUT2D eigenvalue weighted by Gasteiger charge is 2.16. The lowest BCUT2D eigenvalue weighted by Crippen LogP contribution is -2.33. The third kappa shape index (κ3) is 3.76. The number of amides is 1. The molecule has 6 nitrogen and oxygen atoms in total. The predicted octanol–water partition coefficient (Wildman–Crippen LogP) is 2.60. The average Bonchev–Trinajstić information content (AvgIpc) is 3.05. The standard InChI is InChI=1S/C18H20N4O2S/c1-11(2)17-20-15-16(25-17)12(3)21-22(18(15)24)10-14(23)19-9-13-7-5-4-6-8-13/h4-8,11H,9-10H2,1-3H3,(H,19,23). The van der Waals surface area contributed by atoms with Crippen molar-refractivity contribution >= 4 is 27.5 Å². The Morgan fingerprint density at radius 1 is 1.28 bits per heavy atom. The number of benzene rings is 1. The molecule has 0 aliphatic rings. The van der Waals surface area contributed by atoms with Crippen LogP contribution in [0.4, 0.5) is 0 Å². The molecule has 3 rings (SSSR count). The van der Waals surface area contributed by atoms with Crippen LogP contribution < -0.4 is 10.9 Å². The molecule has 0 fully saturated rings. The van der Waals surface area contributed by atoms with Gasteiger partial charge >= 0.3 is 0 Å². The van der Waals surface area contributed by atoms with Crippen molar-refractivity contribution in [1.82, 2.24) is 20.1 Å². The fourth-order valence-corrected chi connectivity index (χ4v) is 3.46. The van der Waals surface area contributed by atoms with Crippen molar-refractivity contribution < 1.29 is 4.79 Å². The van der Waals surface area contributed by atoms with E-state index < -0.39 is 0 Å². The highest BCUT2D eigenvalue weighted by molar-refractivity contribution is 7.18. The smallest absolute Gasteiger partial charge is 0.294 e. The van der Waals surface area contributed by atoms with Gasteiger partial charge in [0.25, 0.3) is 5.56 Å². The van der Waals surface area contributed by atoms with Crippen LogP contribution in [0, 0.1) is 6.92 Å². The number of nitrogens with zero attached hydrogens (tertiary/aromatic N) is 3. The summed E-state index contributed by atoms with van der Waals surface area (Å²) < 4.78 is 2.00. The summed E-state index contributed by atoms with van der Waals surface area (Å²) in [6.45, 7) is 6.22. The Balaban J connectivity index is 1.80. The molecule has 1 N–H and O–H groups in total. The maximum absolute atomic E-state index is 12.6. The van der Waals surface area contributed by atoms with Gasteiger partial charge in [0, 0.05) is 12.5 Å². The summed E-state index contributed by atoms with van der Waals surface area (Å²) in [4.78, 5) is 29.2. The van der Waals surface area contributed by atoms with Crippen LogP contribution in [0.15, 0.2) is 35.1 Å². The molecule has 2 aromatic heterocycles. The highest BCUT2D eigenvalue weighted by Crippen LogP contribution is 2.26. The maximum Gasteiger partial charge on any atom is 0.294 e. The fraction of sp³-hybridized carbons (Fsp3) is 0.333. The number of rotatable bonds is 5. The van der Waals surface area contributed by atoms with Crippen molar-refractivity contribution in [2.45, 2.75) is 39.8 Å². The van der Waals surface area contributed by atoms with Crippen LogP contribution in [-0.4, -0.2) is 20.7 Å². The predicted molar refractivity (Wildman–Crippen MR) is 98.8 cm³/mol. The minimum atomic E-state index is -0.321. The normalized spacial score (nSPS) is 11.2. The zero-order valence-corrected chi connectivity index (χ0v) is 15.3. The second kappa shape index (κ2) is 7.14. The fourth-order valence-electron chi connectivity index (χ4n) is 2.46. The maximum atomic E-state index is 12.6. The Bertz CT molecular complexity index is 960. The largest absolute Gasteiger partial charge is 0.350 e. The first-order valence-corrected chi connectivity index (χ1v) is 8.96. The number of aryl methyl sites for hydroxylation is 1. The molecule has 0 aliphatic heterocycles. The number of carbonyl (C=O) groups is 1. The Labute approximate surface area is 149 Å². The van der Waals surface area contributed by atoms with E-state index in [9.17, 15) is 9.59 Å². The molecule has 0 bridgehead atoms. The number of carbonyl (C=O) groups excluding carboxylic acids is 1. The molecule has 7 heteroatoms. The van der Waals surface area contributed by atoms with Crippen LogP contribution in [0.2, 0.25) is 0 Å². The van der Waals surface area contributed by atoms with Gasteiger partial charge < -0.3 is 5.32 Å². The van der Waals surface area contributed by atoms with Crippen molar-refractivity contribution in [3.8, 4) is 0 Å². The van der Waals surface area contributed by atoms with Gasteiger partial charge in [-0.3, -0.25) is 9.59 Å². The van der Waals surface area contributed by atoms with Crippen LogP contribution in [0.5, 0.6) is 0 Å². The third-order valence-corrected chi connectivity index (χ3v) is 5.26. The average molecular weight is 356 g/mol. The van der Waals surface area contributed by atoms with Gasteiger partial charge in [-0.15, -0.1) is 11.3 Å². The van der Waals surface area contributed by atoms with Gasteiger partial charge in [0.15, 0.2) is 5.52 Å². The quantitative estimate of drug-likeness (QED) is 0.762. The monoisotopic (exact) mass is 356 g/mol. The summed E-state index contributed by atoms with van der Waals surface area (Å²) in [6, 6.07) is 9.62. The highest BCUT2D eigenvalue weighted by atomic mass is 32.1. The number of nitrogens with one attached hydrogen (secondary N) is 1. The second-order valence-corrected chi connectivity index (χ2v) is 7.23. The van der Waals surface area contributed by atoms with Gasteiger partial charge in [-0.05, 0) is 12.5 Å². The SMILES string of the molecule is Cc1nn(CC(=O)NCc2ccccc2)c(=O)c2nc(C(C)C)sc12. The molecule has 0 atom stereocenters. The topological polar surface area (TPSA) is 76.9 Å². The van der Waals surface area contributed by atoms with Gasteiger partial charge in [0.2, 0.25) is 5.91 Å². The molecule has 0 unspecified atom stereocenters. The van der Waals surface area contributed by atoms with Crippen molar-refractivity contribution in [3.05, 3.63) is 57.0 Å². The minimum absolute atomic E-state index is 0.114. The molecule has 1 aromatic carbocycles. The van der Waals surface area contributed by atoms with Gasteiger partial charge in [-0.1, -0.05) is 44.2 Å². The number of fused-ring (bicyclic) bond motifs is 1. The van der Waals surface area contributed by atoms with Crippen LogP contribution in [0.1, 0.15) is 36.0 Å². The van der Waals surface area contributed by atoms with E-state index in [4.69, 9.17) is 0 Å². The molecule has 0 saturated heterocycles. The van der Waals surface area contributed by atoms with Crippen LogP contribution in [0.25, 0.3) is 10.2 Å². The second-order valence-electron chi connectivity index (χ2n) is 6.20. The first-order chi connectivity index (χ1) is 12.0. The summed E-state index contributed by atoms with van der Waals surface area (Å²) >= 11 is 1.49. The third-order valence-electron chi connectivity index (χ3n) is 3.80. The molecule has 0 aliphatic carbocycles. The lowest BCUT2D eigenvalue weighted by Gasteiger charge is -2.07. The lowest BCUT2D eigenvalue weighted by molar-refractivity contribution is -0.122. The van der Waals surface area contributed by atoms with Crippen molar-refractivity contribution in [2.75, 3.05) is 0 Å². The van der Waals surface area contributed by atoms with E-state index in [0.717, 1.165) is 21.0 Å². The van der Waals surface area contributed by atoms with Crippen LogP contribution in [0.3, 0.4) is 0 Å². The van der Waals surface area contributed by atoms with Gasteiger partial charge in [0.05, 0.1) is 15.4 Å². The molecule has 25 heavy (non-hydrogen) atoms. The van der Waals surface area contributed by atoms with E-state index in [0.29, 0.717) is 12.1 Å². The molecule has 0 saturated carbocycles. The van der Waals surface area contributed by atoms with Gasteiger partial charge in [-0.2, -0.15) is 5.10 Å². The first-order valence-electron chi connectivity index (χ1n) is 8.14. The minimum Gasteiger partial charge on any atom is -0.350 e. The molecule has 0 radical (unpaired) electrons. The molecule has 0 spiro atoms. The van der Waals surface area contributed by atoms with Crippen molar-refractivity contribution in [2.24, 2.45) is 0 Å². The molecular formula is C18H20N4O2S. The number of thiazole rings is 1. The summed E-state index contributed by atoms with van der Waals surface area (Å²) in [5.41, 5.74) is 1.80. The Morgan fingerprint density at radius 3 is 2.68 bits per heavy atom. The van der Waals surface area contributed by atoms with E-state index in [1.165, 1.54) is 16.0 Å². The first kappa shape index (κ1) is 17.3. The summed E-state index contributed by atoms with van der Waals surface area (Å²) in [5, 5.41) is 8.00. The van der Waals surface area contributed by atoms with E-state index in [2.05, 4.69) is 15.4 Å². The summed E-state index contributed by atoms with van der Waals surface area (Å²) in [6.07, 6.45) is 0. The zero-order chi connectivity index (χ0) is 18.0. The van der Waals surface area contributed by atoms with Crippen LogP contribution in [-0.2, 0) is 17.9 Å². The zero-order valence-electron chi connectivity index (χ0n) is 14.4. The van der Waals surface area contributed by atoms with Crippen molar-refractivity contribution in [1.29, 1.82) is 0 Å². The van der Waals surface area contributed by atoms with Gasteiger partial charge in [0.1, 0.15) is 6.54 Å². The Hall–Kier alpha value is -2.54. The molecule has 2 heterocycles. The lowest BCUT2D eigenvalue weighted by atomic mass is 10.2. The molecular weight excluding hydrogens is 336 g/mol. The molecule has 1 amide bonds. The van der Waals surface area contributed by atoms with E-state index in [1.54, 1.807) is 0 Å². The Kier molecular flexibility index (Phi) is 4.94. The van der Waals surface area contributed by atoms with Crippen molar-refractivity contribution in [3.63, 3.8) is 0 Å². The summed E-state index contributed by atoms with van der Waals surface area (Å²) in [5.74, 6) is -0.00432. The molecule has 3 aromatic rings. The summed E-state index contributed by atoms with van der Waals surface area (Å²) in [7, 11) is 0. The van der Waals surface area contributed by atoms with E-state index in [1.807, 2.05) is 51.1 Å². The van der Waals surface area contributed by atoms with E-state index in [-0.39, 0.29) is 23.9 Å². The van der Waals surface area contributed by atoms with Crippen LogP contribution >= 0.6 is 11.3 Å². The Morgan fingerprint density at radius 2 is 2.00 bits per heavy atom. The molecule has 130 valence electrons.